The summed E-state index contributed by atoms with van der Waals surface area (Å²) in [6.07, 6.45) is 5.68. The number of amides is 1. The number of hydrogen-bond donors (Lipinski definition) is 1. The maximum absolute atomic E-state index is 13.7. The maximum Gasteiger partial charge on any atom is 0.272 e. The van der Waals surface area contributed by atoms with Crippen LogP contribution in [-0.2, 0) is 0 Å². The van der Waals surface area contributed by atoms with Gasteiger partial charge >= 0.3 is 0 Å². The topological polar surface area (TPSA) is 58.1 Å². The predicted molar refractivity (Wildman–Crippen MR) is 90.7 cm³/mol. The average Bonchev–Trinajstić information content (AvgIpc) is 2.63. The molecule has 24 heavy (non-hydrogen) atoms. The minimum atomic E-state index is -0.389. The fraction of sp³-hybridized carbons (Fsp3) is 0.389. The number of halogens is 1. The molecule has 5 nitrogen and oxygen atoms in total. The van der Waals surface area contributed by atoms with E-state index in [-0.39, 0.29) is 29.4 Å². The third-order valence-electron chi connectivity index (χ3n) is 4.35. The Morgan fingerprint density at radius 1 is 1.33 bits per heavy atom. The van der Waals surface area contributed by atoms with E-state index in [9.17, 15) is 9.18 Å². The van der Waals surface area contributed by atoms with Gasteiger partial charge in [0, 0.05) is 18.8 Å². The van der Waals surface area contributed by atoms with E-state index in [1.54, 1.807) is 24.3 Å². The summed E-state index contributed by atoms with van der Waals surface area (Å²) in [5.74, 6) is -0.253. The fourth-order valence-corrected chi connectivity index (χ4v) is 3.06. The molecule has 1 unspecified atom stereocenters. The Balaban J connectivity index is 1.79. The highest BCUT2D eigenvalue weighted by Gasteiger charge is 2.27. The molecule has 1 aliphatic heterocycles. The van der Waals surface area contributed by atoms with Crippen molar-refractivity contribution in [3.8, 4) is 0 Å². The van der Waals surface area contributed by atoms with Crippen LogP contribution in [0.2, 0.25) is 0 Å². The van der Waals surface area contributed by atoms with Crippen molar-refractivity contribution in [2.24, 2.45) is 0 Å². The molecule has 1 amide bonds. The minimum absolute atomic E-state index is 0.0828. The molecule has 1 aliphatic rings. The van der Waals surface area contributed by atoms with Crippen LogP contribution in [0.4, 0.5) is 16.0 Å². The lowest BCUT2D eigenvalue weighted by atomic mass is 9.99. The van der Waals surface area contributed by atoms with Crippen molar-refractivity contribution in [1.29, 1.82) is 0 Å². The van der Waals surface area contributed by atoms with Gasteiger partial charge in [-0.15, -0.1) is 0 Å². The summed E-state index contributed by atoms with van der Waals surface area (Å²) < 4.78 is 13.7. The second-order valence-electron chi connectivity index (χ2n) is 5.93. The van der Waals surface area contributed by atoms with Gasteiger partial charge in [0.05, 0.1) is 5.69 Å². The number of benzene rings is 1. The van der Waals surface area contributed by atoms with E-state index in [2.05, 4.69) is 22.2 Å². The van der Waals surface area contributed by atoms with Crippen LogP contribution < -0.4 is 5.32 Å². The molecule has 0 bridgehead atoms. The highest BCUT2D eigenvalue weighted by Crippen LogP contribution is 2.22. The zero-order valence-corrected chi connectivity index (χ0v) is 13.7. The minimum Gasteiger partial charge on any atom is -0.334 e. The van der Waals surface area contributed by atoms with Crippen LogP contribution in [0, 0.1) is 5.82 Å². The summed E-state index contributed by atoms with van der Waals surface area (Å²) >= 11 is 0. The predicted octanol–water partition coefficient (Wildman–Crippen LogP) is 3.76. The molecule has 1 N–H and O–H groups in total. The van der Waals surface area contributed by atoms with E-state index >= 15 is 0 Å². The van der Waals surface area contributed by atoms with Crippen LogP contribution in [0.1, 0.15) is 43.1 Å². The van der Waals surface area contributed by atoms with Gasteiger partial charge in [-0.25, -0.2) is 14.4 Å². The number of para-hydroxylation sites is 1. The number of rotatable bonds is 4. The van der Waals surface area contributed by atoms with Crippen molar-refractivity contribution in [3.05, 3.63) is 48.0 Å². The van der Waals surface area contributed by atoms with Gasteiger partial charge in [-0.05, 0) is 43.9 Å². The SMILES string of the molecule is CCC1CCCCN1C(=O)c1ccnc(Nc2ccccc2F)n1. The largest absolute Gasteiger partial charge is 0.334 e. The van der Waals surface area contributed by atoms with Crippen molar-refractivity contribution >= 4 is 17.5 Å². The quantitative estimate of drug-likeness (QED) is 0.928. The van der Waals surface area contributed by atoms with E-state index in [1.807, 2.05) is 4.90 Å². The van der Waals surface area contributed by atoms with Crippen LogP contribution in [0.3, 0.4) is 0 Å². The lowest BCUT2D eigenvalue weighted by molar-refractivity contribution is 0.0602. The summed E-state index contributed by atoms with van der Waals surface area (Å²) in [7, 11) is 0. The molecule has 0 aliphatic carbocycles. The lowest BCUT2D eigenvalue weighted by Gasteiger charge is -2.35. The van der Waals surface area contributed by atoms with Crippen molar-refractivity contribution in [2.45, 2.75) is 38.6 Å². The van der Waals surface area contributed by atoms with Gasteiger partial charge in [-0.2, -0.15) is 0 Å². The molecular weight excluding hydrogens is 307 g/mol. The van der Waals surface area contributed by atoms with E-state index in [0.717, 1.165) is 32.2 Å². The molecule has 1 saturated heterocycles. The normalized spacial score (nSPS) is 17.6. The average molecular weight is 328 g/mol. The number of anilines is 2. The number of nitrogens with one attached hydrogen (secondary N) is 1. The molecule has 1 aromatic carbocycles. The molecule has 126 valence electrons. The van der Waals surface area contributed by atoms with Crippen LogP contribution in [0.25, 0.3) is 0 Å². The number of carbonyl (C=O) groups is 1. The number of aromatic nitrogens is 2. The Hall–Kier alpha value is -2.50. The van der Waals surface area contributed by atoms with Gasteiger partial charge in [0.15, 0.2) is 0 Å². The summed E-state index contributed by atoms with van der Waals surface area (Å²) in [6, 6.07) is 8.17. The monoisotopic (exact) mass is 328 g/mol. The number of carbonyl (C=O) groups excluding carboxylic acids is 1. The van der Waals surface area contributed by atoms with Crippen molar-refractivity contribution in [3.63, 3.8) is 0 Å². The van der Waals surface area contributed by atoms with E-state index in [1.165, 1.54) is 12.3 Å². The van der Waals surface area contributed by atoms with Crippen molar-refractivity contribution < 1.29 is 9.18 Å². The summed E-state index contributed by atoms with van der Waals surface area (Å²) in [4.78, 5) is 23.0. The Morgan fingerprint density at radius 2 is 2.17 bits per heavy atom. The number of nitrogens with zero attached hydrogens (tertiary/aromatic N) is 3. The molecule has 2 aromatic rings. The van der Waals surface area contributed by atoms with Crippen LogP contribution in [0.5, 0.6) is 0 Å². The molecule has 0 saturated carbocycles. The molecule has 2 heterocycles. The highest BCUT2D eigenvalue weighted by atomic mass is 19.1. The first-order valence-electron chi connectivity index (χ1n) is 8.34. The maximum atomic E-state index is 13.7. The zero-order chi connectivity index (χ0) is 16.9. The van der Waals surface area contributed by atoms with Gasteiger partial charge in [-0.3, -0.25) is 4.79 Å². The molecule has 0 spiro atoms. The third kappa shape index (κ3) is 3.53. The Kier molecular flexibility index (Phi) is 5.03. The Bertz CT molecular complexity index is 722. The van der Waals surface area contributed by atoms with E-state index in [0.29, 0.717) is 5.69 Å². The van der Waals surface area contributed by atoms with Gasteiger partial charge in [0.2, 0.25) is 5.95 Å². The van der Waals surface area contributed by atoms with Crippen molar-refractivity contribution in [2.75, 3.05) is 11.9 Å². The van der Waals surface area contributed by atoms with Crippen molar-refractivity contribution in [1.82, 2.24) is 14.9 Å². The summed E-state index contributed by atoms with van der Waals surface area (Å²) in [5, 5.41) is 2.83. The Morgan fingerprint density at radius 3 is 2.96 bits per heavy atom. The molecule has 0 radical (unpaired) electrons. The molecular formula is C18H21FN4O. The lowest BCUT2D eigenvalue weighted by Crippen LogP contribution is -2.43. The first kappa shape index (κ1) is 16.4. The van der Waals surface area contributed by atoms with Crippen LogP contribution in [-0.4, -0.2) is 33.4 Å². The summed E-state index contributed by atoms with van der Waals surface area (Å²) in [5.41, 5.74) is 0.621. The first-order valence-corrected chi connectivity index (χ1v) is 8.34. The highest BCUT2D eigenvalue weighted by molar-refractivity contribution is 5.92. The van der Waals surface area contributed by atoms with Gasteiger partial charge in [0.25, 0.3) is 5.91 Å². The van der Waals surface area contributed by atoms with Crippen LogP contribution >= 0.6 is 0 Å². The van der Waals surface area contributed by atoms with E-state index < -0.39 is 0 Å². The standard InChI is InChI=1S/C18H21FN4O/c1-2-13-7-5-6-12-23(13)17(24)16-10-11-20-18(22-16)21-15-9-4-3-8-14(15)19/h3-4,8-11,13H,2,5-7,12H2,1H3,(H,20,21,22). The number of hydrogen-bond acceptors (Lipinski definition) is 4. The second-order valence-corrected chi connectivity index (χ2v) is 5.93. The van der Waals surface area contributed by atoms with Gasteiger partial charge in [-0.1, -0.05) is 19.1 Å². The second kappa shape index (κ2) is 7.38. The number of likely N-dealkylation sites (tertiary alicyclic amines) is 1. The zero-order valence-electron chi connectivity index (χ0n) is 13.7. The first-order chi connectivity index (χ1) is 11.7. The molecule has 6 heteroatoms. The fourth-order valence-electron chi connectivity index (χ4n) is 3.06. The molecule has 3 rings (SSSR count). The van der Waals surface area contributed by atoms with Gasteiger partial charge in [0.1, 0.15) is 11.5 Å². The van der Waals surface area contributed by atoms with E-state index in [4.69, 9.17) is 0 Å². The summed E-state index contributed by atoms with van der Waals surface area (Å²) in [6.45, 7) is 2.86. The smallest absolute Gasteiger partial charge is 0.272 e. The molecule has 1 aromatic heterocycles. The van der Waals surface area contributed by atoms with Crippen LogP contribution in [0.15, 0.2) is 36.5 Å². The molecule has 1 atom stereocenters. The number of piperidine rings is 1. The van der Waals surface area contributed by atoms with Gasteiger partial charge < -0.3 is 10.2 Å². The molecule has 1 fully saturated rings. The third-order valence-corrected chi connectivity index (χ3v) is 4.35. The Labute approximate surface area is 140 Å².